The van der Waals surface area contributed by atoms with Gasteiger partial charge in [0.15, 0.2) is 0 Å². The van der Waals surface area contributed by atoms with Gasteiger partial charge < -0.3 is 4.74 Å². The molecule has 1 aromatic heterocycles. The van der Waals surface area contributed by atoms with Crippen LogP contribution >= 0.6 is 0 Å². The van der Waals surface area contributed by atoms with Crippen molar-refractivity contribution >= 4 is 10.0 Å². The van der Waals surface area contributed by atoms with Crippen molar-refractivity contribution in [2.45, 2.75) is 42.9 Å². The number of nitrogens with one attached hydrogen (secondary N) is 1. The van der Waals surface area contributed by atoms with Gasteiger partial charge in [-0.2, -0.15) is 18.3 Å². The van der Waals surface area contributed by atoms with E-state index in [0.717, 1.165) is 4.68 Å². The number of methoxy groups -OCH3 is 1. The normalized spacial score (nSPS) is 17.8. The van der Waals surface area contributed by atoms with Crippen LogP contribution in [0, 0.1) is 0 Å². The third-order valence-electron chi connectivity index (χ3n) is 4.14. The number of rotatable bonds is 5. The first-order valence-corrected chi connectivity index (χ1v) is 9.46. The van der Waals surface area contributed by atoms with E-state index in [2.05, 4.69) is 9.82 Å². The maximum absolute atomic E-state index is 12.7. The fourth-order valence-corrected chi connectivity index (χ4v) is 4.47. The van der Waals surface area contributed by atoms with Crippen molar-refractivity contribution in [3.63, 3.8) is 0 Å². The molecule has 1 N–H and O–H groups in total. The molecule has 1 aromatic carbocycles. The van der Waals surface area contributed by atoms with Gasteiger partial charge in [-0.1, -0.05) is 12.1 Å². The molecule has 0 saturated heterocycles. The van der Waals surface area contributed by atoms with Gasteiger partial charge in [0, 0.05) is 6.20 Å². The number of ether oxygens (including phenoxy) is 1. The Kier molecular flexibility index (Phi) is 4.98. The highest BCUT2D eigenvalue weighted by Gasteiger charge is 2.33. The van der Waals surface area contributed by atoms with Crippen LogP contribution in [0.3, 0.4) is 0 Å². The zero-order valence-corrected chi connectivity index (χ0v) is 14.8. The fraction of sp³-hybridized carbons (Fsp3) is 0.438. The molecule has 6 nitrogen and oxygen atoms in total. The summed E-state index contributed by atoms with van der Waals surface area (Å²) in [6.07, 6.45) is -1.36. The van der Waals surface area contributed by atoms with Gasteiger partial charge in [-0.3, -0.25) is 4.68 Å². The number of halogens is 3. The van der Waals surface area contributed by atoms with Crippen molar-refractivity contribution in [2.24, 2.45) is 0 Å². The SMILES string of the molecule is COc1ccccc1S(=O)(=O)NC1CCCc2cn(CC(F)(F)F)nc21. The maximum Gasteiger partial charge on any atom is 0.408 e. The molecule has 0 radical (unpaired) electrons. The van der Waals surface area contributed by atoms with Crippen LogP contribution in [0.4, 0.5) is 13.2 Å². The highest BCUT2D eigenvalue weighted by atomic mass is 32.2. The fourth-order valence-electron chi connectivity index (χ4n) is 3.07. The summed E-state index contributed by atoms with van der Waals surface area (Å²) in [6, 6.07) is 5.48. The van der Waals surface area contributed by atoms with Crippen LogP contribution in [0.5, 0.6) is 5.75 Å². The molecule has 0 saturated carbocycles. The Morgan fingerprint density at radius 3 is 2.77 bits per heavy atom. The van der Waals surface area contributed by atoms with Crippen molar-refractivity contribution < 1.29 is 26.3 Å². The Hall–Kier alpha value is -2.07. The molecule has 1 atom stereocenters. The standard InChI is InChI=1S/C16H18F3N3O3S/c1-25-13-7-2-3-8-14(13)26(23,24)21-12-6-4-5-11-9-22(20-15(11)12)10-16(17,18)19/h2-3,7-9,12,21H,4-6,10H2,1H3. The summed E-state index contributed by atoms with van der Waals surface area (Å²) in [6.45, 7) is -1.20. The van der Waals surface area contributed by atoms with Gasteiger partial charge in [-0.15, -0.1) is 0 Å². The first kappa shape index (κ1) is 18.7. The number of nitrogens with zero attached hydrogens (tertiary/aromatic N) is 2. The summed E-state index contributed by atoms with van der Waals surface area (Å²) in [5, 5.41) is 3.98. The van der Waals surface area contributed by atoms with Crippen LogP contribution in [0.25, 0.3) is 0 Å². The number of hydrogen-bond acceptors (Lipinski definition) is 4. The van der Waals surface area contributed by atoms with E-state index >= 15 is 0 Å². The van der Waals surface area contributed by atoms with E-state index in [-0.39, 0.29) is 10.6 Å². The lowest BCUT2D eigenvalue weighted by molar-refractivity contribution is -0.142. The van der Waals surface area contributed by atoms with Crippen LogP contribution in [0.2, 0.25) is 0 Å². The topological polar surface area (TPSA) is 73.2 Å². The Morgan fingerprint density at radius 1 is 1.35 bits per heavy atom. The van der Waals surface area contributed by atoms with Gasteiger partial charge in [0.1, 0.15) is 17.2 Å². The van der Waals surface area contributed by atoms with Crippen LogP contribution in [-0.4, -0.2) is 31.5 Å². The molecule has 142 valence electrons. The maximum atomic E-state index is 12.7. The highest BCUT2D eigenvalue weighted by Crippen LogP contribution is 2.32. The average Bonchev–Trinajstić information content (AvgIpc) is 2.96. The average molecular weight is 389 g/mol. The predicted molar refractivity (Wildman–Crippen MR) is 87.3 cm³/mol. The zero-order chi connectivity index (χ0) is 18.9. The van der Waals surface area contributed by atoms with Crippen molar-refractivity contribution in [1.82, 2.24) is 14.5 Å². The minimum absolute atomic E-state index is 0.0238. The zero-order valence-electron chi connectivity index (χ0n) is 14.0. The predicted octanol–water partition coefficient (Wildman–Crippen LogP) is 2.81. The van der Waals surface area contributed by atoms with Crippen molar-refractivity contribution in [1.29, 1.82) is 0 Å². The lowest BCUT2D eigenvalue weighted by Gasteiger charge is -2.22. The number of para-hydroxylation sites is 1. The monoisotopic (exact) mass is 389 g/mol. The number of sulfonamides is 1. The van der Waals surface area contributed by atoms with E-state index in [1.54, 1.807) is 12.1 Å². The molecule has 2 aromatic rings. The third-order valence-corrected chi connectivity index (χ3v) is 5.65. The van der Waals surface area contributed by atoms with E-state index in [0.29, 0.717) is 30.5 Å². The summed E-state index contributed by atoms with van der Waals surface area (Å²) in [4.78, 5) is -0.0238. The second-order valence-electron chi connectivity index (χ2n) is 6.07. The molecular weight excluding hydrogens is 371 g/mol. The first-order valence-electron chi connectivity index (χ1n) is 7.98. The van der Waals surface area contributed by atoms with Crippen molar-refractivity contribution in [2.75, 3.05) is 7.11 Å². The number of hydrogen-bond donors (Lipinski definition) is 1. The Bertz CT molecular complexity index is 894. The van der Waals surface area contributed by atoms with Crippen LogP contribution < -0.4 is 9.46 Å². The molecule has 1 unspecified atom stereocenters. The van der Waals surface area contributed by atoms with Gasteiger partial charge >= 0.3 is 6.18 Å². The highest BCUT2D eigenvalue weighted by molar-refractivity contribution is 7.89. The Morgan fingerprint density at radius 2 is 2.08 bits per heavy atom. The minimum Gasteiger partial charge on any atom is -0.495 e. The largest absolute Gasteiger partial charge is 0.495 e. The van der Waals surface area contributed by atoms with Crippen LogP contribution in [-0.2, 0) is 23.0 Å². The molecular formula is C16H18F3N3O3S. The number of benzene rings is 1. The Labute approximate surface area is 149 Å². The number of fused-ring (bicyclic) bond motifs is 1. The summed E-state index contributed by atoms with van der Waals surface area (Å²) in [7, 11) is -2.55. The van der Waals surface area contributed by atoms with Crippen molar-refractivity contribution in [3.8, 4) is 5.75 Å². The van der Waals surface area contributed by atoms with Gasteiger partial charge in [0.25, 0.3) is 0 Å². The van der Waals surface area contributed by atoms with Gasteiger partial charge in [0.05, 0.1) is 18.8 Å². The molecule has 1 aliphatic rings. The molecule has 3 rings (SSSR count). The van der Waals surface area contributed by atoms with Gasteiger partial charge in [0.2, 0.25) is 10.0 Å². The quantitative estimate of drug-likeness (QED) is 0.854. The molecule has 1 aliphatic carbocycles. The summed E-state index contributed by atoms with van der Waals surface area (Å²) in [5.74, 6) is 0.193. The van der Waals surface area contributed by atoms with Gasteiger partial charge in [-0.05, 0) is 37.0 Å². The van der Waals surface area contributed by atoms with E-state index in [1.165, 1.54) is 25.4 Å². The third kappa shape index (κ3) is 4.01. The number of aromatic nitrogens is 2. The van der Waals surface area contributed by atoms with Gasteiger partial charge in [-0.25, -0.2) is 13.1 Å². The number of aryl methyl sites for hydroxylation is 1. The second kappa shape index (κ2) is 6.92. The molecule has 0 spiro atoms. The first-order chi connectivity index (χ1) is 12.2. The smallest absolute Gasteiger partial charge is 0.408 e. The second-order valence-corrected chi connectivity index (χ2v) is 7.75. The molecule has 1 heterocycles. The van der Waals surface area contributed by atoms with Crippen LogP contribution in [0.15, 0.2) is 35.4 Å². The number of alkyl halides is 3. The van der Waals surface area contributed by atoms with E-state index < -0.39 is 28.8 Å². The van der Waals surface area contributed by atoms with E-state index in [4.69, 9.17) is 4.74 Å². The molecule has 0 aliphatic heterocycles. The molecule has 0 fully saturated rings. The minimum atomic E-state index is -4.39. The lowest BCUT2D eigenvalue weighted by atomic mass is 9.94. The lowest BCUT2D eigenvalue weighted by Crippen LogP contribution is -2.31. The van der Waals surface area contributed by atoms with Crippen molar-refractivity contribution in [3.05, 3.63) is 41.7 Å². The summed E-state index contributed by atoms with van der Waals surface area (Å²) in [5.41, 5.74) is 0.979. The summed E-state index contributed by atoms with van der Waals surface area (Å²) >= 11 is 0. The van der Waals surface area contributed by atoms with Crippen LogP contribution in [0.1, 0.15) is 30.1 Å². The Balaban J connectivity index is 1.88. The molecule has 26 heavy (non-hydrogen) atoms. The van der Waals surface area contributed by atoms with E-state index in [9.17, 15) is 21.6 Å². The molecule has 10 heteroatoms. The molecule has 0 bridgehead atoms. The van der Waals surface area contributed by atoms with E-state index in [1.807, 2.05) is 0 Å². The summed E-state index contributed by atoms with van der Waals surface area (Å²) < 4.78 is 71.7. The molecule has 0 amide bonds.